The Balaban J connectivity index is 3.08. The molecule has 78 valence electrons. The molecule has 6 heteroatoms. The van der Waals surface area contributed by atoms with Gasteiger partial charge < -0.3 is 0 Å². The first-order valence-electron chi connectivity index (χ1n) is 3.70. The van der Waals surface area contributed by atoms with Crippen LogP contribution < -0.4 is 0 Å². The summed E-state index contributed by atoms with van der Waals surface area (Å²) < 4.78 is 61.9. The van der Waals surface area contributed by atoms with Crippen LogP contribution in [0.15, 0.2) is 11.6 Å². The topological polar surface area (TPSA) is 23.8 Å². The van der Waals surface area contributed by atoms with Gasteiger partial charge in [-0.3, -0.25) is 0 Å². The van der Waals surface area contributed by atoms with Crippen molar-refractivity contribution in [1.82, 2.24) is 0 Å². The molecule has 0 radical (unpaired) electrons. The molecule has 0 spiro atoms. The van der Waals surface area contributed by atoms with Crippen molar-refractivity contribution < 1.29 is 22.0 Å². The van der Waals surface area contributed by atoms with E-state index in [0.717, 1.165) is 6.92 Å². The molecule has 0 aliphatic heterocycles. The molecule has 1 nitrogen and oxygen atoms in total. The maximum Gasteiger partial charge on any atom is 0.403 e. The normalized spacial score (nSPS) is 31.1. The first-order valence-corrected chi connectivity index (χ1v) is 3.70. The van der Waals surface area contributed by atoms with Crippen molar-refractivity contribution >= 4 is 0 Å². The SMILES string of the molecule is CC(C#N)=CC1(C(F)(F)F)CC1(F)F. The van der Waals surface area contributed by atoms with Crippen LogP contribution in [0.4, 0.5) is 22.0 Å². The lowest BCUT2D eigenvalue weighted by Gasteiger charge is -2.16. The van der Waals surface area contributed by atoms with Crippen LogP contribution in [0.1, 0.15) is 13.3 Å². The monoisotopic (exact) mass is 211 g/mol. The maximum absolute atomic E-state index is 12.6. The summed E-state index contributed by atoms with van der Waals surface area (Å²) in [5.74, 6) is -3.77. The van der Waals surface area contributed by atoms with Gasteiger partial charge in [0.05, 0.1) is 6.07 Å². The molecule has 1 atom stereocenters. The highest BCUT2D eigenvalue weighted by Gasteiger charge is 2.82. The van der Waals surface area contributed by atoms with Gasteiger partial charge in [0.2, 0.25) is 0 Å². The number of hydrogen-bond donors (Lipinski definition) is 0. The second kappa shape index (κ2) is 2.69. The van der Waals surface area contributed by atoms with Crippen LogP contribution in [0, 0.1) is 16.7 Å². The van der Waals surface area contributed by atoms with Crippen molar-refractivity contribution in [2.24, 2.45) is 5.41 Å². The summed E-state index contributed by atoms with van der Waals surface area (Å²) in [5.41, 5.74) is -3.46. The Labute approximate surface area is 76.8 Å². The average Bonchev–Trinajstić information content (AvgIpc) is 2.53. The van der Waals surface area contributed by atoms with E-state index in [9.17, 15) is 22.0 Å². The summed E-state index contributed by atoms with van der Waals surface area (Å²) in [5, 5.41) is 8.23. The van der Waals surface area contributed by atoms with Gasteiger partial charge in [0, 0.05) is 12.0 Å². The molecule has 1 fully saturated rings. The third-order valence-electron chi connectivity index (χ3n) is 2.17. The van der Waals surface area contributed by atoms with Gasteiger partial charge >= 0.3 is 6.18 Å². The summed E-state index contributed by atoms with van der Waals surface area (Å²) in [7, 11) is 0. The molecule has 0 bridgehead atoms. The number of rotatable bonds is 1. The van der Waals surface area contributed by atoms with E-state index in [2.05, 4.69) is 0 Å². The maximum atomic E-state index is 12.6. The Bertz CT molecular complexity index is 322. The van der Waals surface area contributed by atoms with Crippen LogP contribution in [-0.2, 0) is 0 Å². The molecule has 1 aliphatic rings. The molecule has 0 amide bonds. The van der Waals surface area contributed by atoms with E-state index in [4.69, 9.17) is 5.26 Å². The van der Waals surface area contributed by atoms with Crippen molar-refractivity contribution in [3.63, 3.8) is 0 Å². The fraction of sp³-hybridized carbons (Fsp3) is 0.625. The summed E-state index contributed by atoms with van der Waals surface area (Å²) in [6.45, 7) is 1.07. The smallest absolute Gasteiger partial charge is 0.205 e. The minimum absolute atomic E-state index is 0.312. The molecule has 1 unspecified atom stereocenters. The van der Waals surface area contributed by atoms with Crippen LogP contribution >= 0.6 is 0 Å². The zero-order valence-corrected chi connectivity index (χ0v) is 7.12. The van der Waals surface area contributed by atoms with E-state index in [0.29, 0.717) is 6.08 Å². The number of nitriles is 1. The van der Waals surface area contributed by atoms with Crippen molar-refractivity contribution in [1.29, 1.82) is 5.26 Å². The van der Waals surface area contributed by atoms with Gasteiger partial charge in [0.15, 0.2) is 5.41 Å². The third kappa shape index (κ3) is 1.37. The first kappa shape index (κ1) is 11.0. The van der Waals surface area contributed by atoms with E-state index >= 15 is 0 Å². The fourth-order valence-corrected chi connectivity index (χ4v) is 1.25. The molecule has 0 heterocycles. The molecule has 0 saturated heterocycles. The van der Waals surface area contributed by atoms with Gasteiger partial charge in [0.25, 0.3) is 5.92 Å². The number of alkyl halides is 5. The number of allylic oxidation sites excluding steroid dienone is 2. The molecule has 1 aliphatic carbocycles. The zero-order valence-electron chi connectivity index (χ0n) is 7.12. The van der Waals surface area contributed by atoms with E-state index in [1.54, 1.807) is 0 Å². The number of nitrogens with zero attached hydrogens (tertiary/aromatic N) is 1. The van der Waals surface area contributed by atoms with Gasteiger partial charge in [-0.1, -0.05) is 0 Å². The van der Waals surface area contributed by atoms with Crippen LogP contribution in [-0.4, -0.2) is 12.1 Å². The molecule has 0 N–H and O–H groups in total. The molecular weight excluding hydrogens is 205 g/mol. The Morgan fingerprint density at radius 3 is 2.07 bits per heavy atom. The second-order valence-corrected chi connectivity index (χ2v) is 3.29. The molecule has 1 rings (SSSR count). The summed E-state index contributed by atoms with van der Waals surface area (Å²) in [6.07, 6.45) is -5.95. The predicted molar refractivity (Wildman–Crippen MR) is 37.4 cm³/mol. The quantitative estimate of drug-likeness (QED) is 0.483. The van der Waals surface area contributed by atoms with Gasteiger partial charge in [-0.25, -0.2) is 8.78 Å². The minimum atomic E-state index is -5.01. The summed E-state index contributed by atoms with van der Waals surface area (Å²) in [6, 6.07) is 1.40. The standard InChI is InChI=1S/C8H6F5N/c1-5(3-14)2-6(8(11,12)13)4-7(6,9)10/h2H,4H2,1H3. The van der Waals surface area contributed by atoms with E-state index in [-0.39, 0.29) is 5.57 Å². The van der Waals surface area contributed by atoms with Crippen LogP contribution in [0.5, 0.6) is 0 Å². The molecule has 0 aromatic rings. The largest absolute Gasteiger partial charge is 0.403 e. The first-order chi connectivity index (χ1) is 6.16. The van der Waals surface area contributed by atoms with Gasteiger partial charge in [0.1, 0.15) is 0 Å². The molecular formula is C8H6F5N. The van der Waals surface area contributed by atoms with Crippen LogP contribution in [0.3, 0.4) is 0 Å². The molecule has 0 aromatic heterocycles. The lowest BCUT2D eigenvalue weighted by atomic mass is 10.0. The molecule has 14 heavy (non-hydrogen) atoms. The van der Waals surface area contributed by atoms with Gasteiger partial charge in [-0.2, -0.15) is 18.4 Å². The van der Waals surface area contributed by atoms with Crippen molar-refractivity contribution in [2.75, 3.05) is 0 Å². The zero-order chi connectivity index (χ0) is 11.2. The third-order valence-corrected chi connectivity index (χ3v) is 2.17. The highest BCUT2D eigenvalue weighted by molar-refractivity contribution is 5.32. The summed E-state index contributed by atoms with van der Waals surface area (Å²) >= 11 is 0. The van der Waals surface area contributed by atoms with Crippen LogP contribution in [0.25, 0.3) is 0 Å². The van der Waals surface area contributed by atoms with E-state index < -0.39 is 23.9 Å². The number of halogens is 5. The summed E-state index contributed by atoms with van der Waals surface area (Å²) in [4.78, 5) is 0. The Morgan fingerprint density at radius 2 is 1.86 bits per heavy atom. The van der Waals surface area contributed by atoms with Crippen LogP contribution in [0.2, 0.25) is 0 Å². The van der Waals surface area contributed by atoms with Crippen molar-refractivity contribution in [2.45, 2.75) is 25.4 Å². The van der Waals surface area contributed by atoms with Gasteiger partial charge in [-0.15, -0.1) is 0 Å². The fourth-order valence-electron chi connectivity index (χ4n) is 1.25. The highest BCUT2D eigenvalue weighted by Crippen LogP contribution is 2.69. The lowest BCUT2D eigenvalue weighted by molar-refractivity contribution is -0.195. The number of hydrogen-bond acceptors (Lipinski definition) is 1. The highest BCUT2D eigenvalue weighted by atomic mass is 19.4. The second-order valence-electron chi connectivity index (χ2n) is 3.29. The average molecular weight is 211 g/mol. The molecule has 1 saturated carbocycles. The Morgan fingerprint density at radius 1 is 1.43 bits per heavy atom. The van der Waals surface area contributed by atoms with Gasteiger partial charge in [-0.05, 0) is 13.0 Å². The Kier molecular flexibility index (Phi) is 2.10. The molecule has 0 aromatic carbocycles. The predicted octanol–water partition coefficient (Wildman–Crippen LogP) is 3.04. The van der Waals surface area contributed by atoms with Crippen molar-refractivity contribution in [3.05, 3.63) is 11.6 Å². The minimum Gasteiger partial charge on any atom is -0.205 e. The Hall–Kier alpha value is -1.12. The van der Waals surface area contributed by atoms with E-state index in [1.165, 1.54) is 6.07 Å². The van der Waals surface area contributed by atoms with E-state index in [1.807, 2.05) is 0 Å². The lowest BCUT2D eigenvalue weighted by Crippen LogP contribution is -2.28. The van der Waals surface area contributed by atoms with Crippen molar-refractivity contribution in [3.8, 4) is 6.07 Å².